The van der Waals surface area contributed by atoms with E-state index in [4.69, 9.17) is 9.47 Å². The van der Waals surface area contributed by atoms with Gasteiger partial charge in [0.05, 0.1) is 32.4 Å². The first-order chi connectivity index (χ1) is 14.2. The van der Waals surface area contributed by atoms with E-state index in [0.717, 1.165) is 35.5 Å². The number of nitrogens with zero attached hydrogens (tertiary/aromatic N) is 1. The summed E-state index contributed by atoms with van der Waals surface area (Å²) in [6, 6.07) is 14.2. The molecule has 6 heteroatoms. The number of rotatable bonds is 6. The molecule has 1 aliphatic rings. The summed E-state index contributed by atoms with van der Waals surface area (Å²) in [6.07, 6.45) is 3.45. The zero-order valence-electron chi connectivity index (χ0n) is 16.6. The minimum absolute atomic E-state index is 0.0101. The molecule has 0 saturated carbocycles. The summed E-state index contributed by atoms with van der Waals surface area (Å²) < 4.78 is 10.7. The number of aromatic nitrogens is 1. The first-order valence-electron chi connectivity index (χ1n) is 9.72. The molecule has 0 aliphatic heterocycles. The second-order valence-corrected chi connectivity index (χ2v) is 7.96. The van der Waals surface area contributed by atoms with Gasteiger partial charge in [-0.05, 0) is 48.6 Å². The summed E-state index contributed by atoms with van der Waals surface area (Å²) in [5.41, 5.74) is 4.31. The van der Waals surface area contributed by atoms with E-state index in [1.165, 1.54) is 22.5 Å². The van der Waals surface area contributed by atoms with Gasteiger partial charge in [0.25, 0.3) is 0 Å². The molecule has 0 radical (unpaired) electrons. The van der Waals surface area contributed by atoms with Gasteiger partial charge in [-0.1, -0.05) is 24.3 Å². The van der Waals surface area contributed by atoms with Crippen LogP contribution >= 0.6 is 11.3 Å². The van der Waals surface area contributed by atoms with E-state index in [0.29, 0.717) is 11.5 Å². The van der Waals surface area contributed by atoms with Gasteiger partial charge in [-0.15, -0.1) is 11.3 Å². The highest BCUT2D eigenvalue weighted by Gasteiger charge is 2.21. The van der Waals surface area contributed by atoms with Crippen molar-refractivity contribution >= 4 is 17.2 Å². The number of thiazole rings is 1. The van der Waals surface area contributed by atoms with Gasteiger partial charge in [0.1, 0.15) is 5.01 Å². The van der Waals surface area contributed by atoms with Crippen LogP contribution in [0.2, 0.25) is 0 Å². The average Bonchev–Trinajstić information content (AvgIpc) is 3.21. The predicted molar refractivity (Wildman–Crippen MR) is 115 cm³/mol. The Balaban J connectivity index is 1.44. The fourth-order valence-electron chi connectivity index (χ4n) is 3.80. The molecule has 0 saturated heterocycles. The molecular weight excluding hydrogens is 384 g/mol. The van der Waals surface area contributed by atoms with Crippen molar-refractivity contribution in [2.24, 2.45) is 0 Å². The number of methoxy groups -OCH3 is 2. The molecule has 1 aliphatic carbocycles. The Morgan fingerprint density at radius 1 is 1.17 bits per heavy atom. The van der Waals surface area contributed by atoms with Crippen LogP contribution in [-0.2, 0) is 17.6 Å². The topological polar surface area (TPSA) is 60.5 Å². The Hall–Kier alpha value is -2.86. The van der Waals surface area contributed by atoms with Gasteiger partial charge in [-0.2, -0.15) is 0 Å². The van der Waals surface area contributed by atoms with Crippen LogP contribution in [0, 0.1) is 0 Å². The SMILES string of the molecule is COc1ccc(-c2nc(CC(=O)NC3CCCc4ccccc43)cs2)cc1OC. The quantitative estimate of drug-likeness (QED) is 0.649. The number of ether oxygens (including phenoxy) is 2. The van der Waals surface area contributed by atoms with Crippen LogP contribution in [0.25, 0.3) is 10.6 Å². The molecule has 150 valence electrons. The van der Waals surface area contributed by atoms with Crippen molar-refractivity contribution in [2.75, 3.05) is 14.2 Å². The van der Waals surface area contributed by atoms with Crippen LogP contribution in [-0.4, -0.2) is 25.1 Å². The first-order valence-corrected chi connectivity index (χ1v) is 10.6. The van der Waals surface area contributed by atoms with Gasteiger partial charge in [-0.25, -0.2) is 4.98 Å². The number of hydrogen-bond donors (Lipinski definition) is 1. The molecule has 1 atom stereocenters. The number of hydrogen-bond acceptors (Lipinski definition) is 5. The summed E-state index contributed by atoms with van der Waals surface area (Å²) in [7, 11) is 3.23. The van der Waals surface area contributed by atoms with Crippen molar-refractivity contribution in [3.8, 4) is 22.1 Å². The summed E-state index contributed by atoms with van der Waals surface area (Å²) in [6.45, 7) is 0. The lowest BCUT2D eigenvalue weighted by molar-refractivity contribution is -0.121. The third-order valence-electron chi connectivity index (χ3n) is 5.23. The van der Waals surface area contributed by atoms with Crippen molar-refractivity contribution in [1.82, 2.24) is 10.3 Å². The zero-order valence-corrected chi connectivity index (χ0v) is 17.4. The molecule has 4 rings (SSSR count). The lowest BCUT2D eigenvalue weighted by Crippen LogP contribution is -2.32. The molecule has 1 N–H and O–H groups in total. The molecule has 0 fully saturated rings. The maximum absolute atomic E-state index is 12.6. The summed E-state index contributed by atoms with van der Waals surface area (Å²) in [5, 5.41) is 6.00. The van der Waals surface area contributed by atoms with Crippen LogP contribution in [0.3, 0.4) is 0 Å². The van der Waals surface area contributed by atoms with Gasteiger partial charge in [-0.3, -0.25) is 4.79 Å². The van der Waals surface area contributed by atoms with E-state index in [2.05, 4.69) is 28.5 Å². The Morgan fingerprint density at radius 3 is 2.83 bits per heavy atom. The van der Waals surface area contributed by atoms with Crippen molar-refractivity contribution in [3.05, 3.63) is 64.7 Å². The molecule has 1 aromatic heterocycles. The fourth-order valence-corrected chi connectivity index (χ4v) is 4.62. The van der Waals surface area contributed by atoms with E-state index in [-0.39, 0.29) is 18.4 Å². The Morgan fingerprint density at radius 2 is 2.00 bits per heavy atom. The third-order valence-corrected chi connectivity index (χ3v) is 6.17. The summed E-state index contributed by atoms with van der Waals surface area (Å²) in [4.78, 5) is 17.3. The van der Waals surface area contributed by atoms with E-state index in [1.54, 1.807) is 14.2 Å². The predicted octanol–water partition coefficient (Wildman–Crippen LogP) is 4.56. The van der Waals surface area contributed by atoms with Gasteiger partial charge in [0.15, 0.2) is 11.5 Å². The highest BCUT2D eigenvalue weighted by molar-refractivity contribution is 7.13. The molecule has 1 unspecified atom stereocenters. The molecule has 2 aromatic carbocycles. The number of aryl methyl sites for hydroxylation is 1. The maximum atomic E-state index is 12.6. The number of fused-ring (bicyclic) bond motifs is 1. The van der Waals surface area contributed by atoms with E-state index in [1.807, 2.05) is 29.6 Å². The lowest BCUT2D eigenvalue weighted by Gasteiger charge is -2.26. The van der Waals surface area contributed by atoms with Gasteiger partial charge >= 0.3 is 0 Å². The maximum Gasteiger partial charge on any atom is 0.226 e. The average molecular weight is 409 g/mol. The van der Waals surface area contributed by atoms with Crippen molar-refractivity contribution in [3.63, 3.8) is 0 Å². The number of nitrogens with one attached hydrogen (secondary N) is 1. The van der Waals surface area contributed by atoms with Crippen molar-refractivity contribution in [1.29, 1.82) is 0 Å². The van der Waals surface area contributed by atoms with E-state index < -0.39 is 0 Å². The smallest absolute Gasteiger partial charge is 0.226 e. The van der Waals surface area contributed by atoms with Gasteiger partial charge in [0, 0.05) is 10.9 Å². The standard InChI is InChI=1S/C23H24N2O3S/c1-27-20-11-10-16(12-21(20)28-2)23-24-17(14-29-23)13-22(26)25-19-9-5-7-15-6-3-4-8-18(15)19/h3-4,6,8,10-12,14,19H,5,7,9,13H2,1-2H3,(H,25,26). The highest BCUT2D eigenvalue weighted by atomic mass is 32.1. The number of benzene rings is 2. The Kier molecular flexibility index (Phi) is 5.81. The van der Waals surface area contributed by atoms with Crippen LogP contribution < -0.4 is 14.8 Å². The molecule has 0 spiro atoms. The minimum Gasteiger partial charge on any atom is -0.493 e. The number of amides is 1. The highest BCUT2D eigenvalue weighted by Crippen LogP contribution is 2.34. The van der Waals surface area contributed by atoms with Gasteiger partial charge < -0.3 is 14.8 Å². The fraction of sp³-hybridized carbons (Fsp3) is 0.304. The summed E-state index contributed by atoms with van der Waals surface area (Å²) in [5.74, 6) is 1.35. The normalized spacial score (nSPS) is 15.4. The van der Waals surface area contributed by atoms with Crippen molar-refractivity contribution in [2.45, 2.75) is 31.7 Å². The van der Waals surface area contributed by atoms with Crippen LogP contribution in [0.4, 0.5) is 0 Å². The zero-order chi connectivity index (χ0) is 20.2. The number of carbonyl (C=O) groups is 1. The van der Waals surface area contributed by atoms with Crippen LogP contribution in [0.15, 0.2) is 47.8 Å². The molecule has 29 heavy (non-hydrogen) atoms. The molecule has 3 aromatic rings. The third kappa shape index (κ3) is 4.27. The molecule has 0 bridgehead atoms. The van der Waals surface area contributed by atoms with Crippen LogP contribution in [0.5, 0.6) is 11.5 Å². The lowest BCUT2D eigenvalue weighted by atomic mass is 9.87. The first kappa shape index (κ1) is 19.5. The molecule has 5 nitrogen and oxygen atoms in total. The second-order valence-electron chi connectivity index (χ2n) is 7.10. The Labute approximate surface area is 174 Å². The Bertz CT molecular complexity index is 1010. The largest absolute Gasteiger partial charge is 0.493 e. The monoisotopic (exact) mass is 408 g/mol. The van der Waals surface area contributed by atoms with Crippen LogP contribution in [0.1, 0.15) is 35.7 Å². The van der Waals surface area contributed by atoms with Gasteiger partial charge in [0.2, 0.25) is 5.91 Å². The second kappa shape index (κ2) is 8.66. The van der Waals surface area contributed by atoms with Crippen molar-refractivity contribution < 1.29 is 14.3 Å². The minimum atomic E-state index is 0.0101. The van der Waals surface area contributed by atoms with E-state index in [9.17, 15) is 4.79 Å². The number of carbonyl (C=O) groups excluding carboxylic acids is 1. The summed E-state index contributed by atoms with van der Waals surface area (Å²) >= 11 is 1.52. The van der Waals surface area contributed by atoms with E-state index >= 15 is 0 Å². The molecular formula is C23H24N2O3S. The molecule has 1 heterocycles. The molecule has 1 amide bonds.